The maximum Gasteiger partial charge on any atom is 0.352 e. The molecular weight excluding hydrogens is 400 g/mol. The zero-order valence-electron chi connectivity index (χ0n) is 18.2. The minimum atomic E-state index is -0.325. The third-order valence-electron chi connectivity index (χ3n) is 5.65. The quantitative estimate of drug-likeness (QED) is 0.641. The molecule has 2 aromatic rings. The predicted molar refractivity (Wildman–Crippen MR) is 116 cm³/mol. The number of nitrogens with zero attached hydrogens (tertiary/aromatic N) is 4. The molecule has 1 aromatic carbocycles. The molecule has 0 bridgehead atoms. The Balaban J connectivity index is 1.35. The summed E-state index contributed by atoms with van der Waals surface area (Å²) >= 11 is 0. The van der Waals surface area contributed by atoms with E-state index in [0.29, 0.717) is 32.3 Å². The van der Waals surface area contributed by atoms with Gasteiger partial charge in [-0.1, -0.05) is 12.1 Å². The molecule has 3 heterocycles. The largest absolute Gasteiger partial charge is 0.497 e. The lowest BCUT2D eigenvalue weighted by Gasteiger charge is -2.36. The third kappa shape index (κ3) is 5.55. The van der Waals surface area contributed by atoms with Crippen molar-refractivity contribution in [3.8, 4) is 11.6 Å². The molecule has 9 heteroatoms. The second-order valence-electron chi connectivity index (χ2n) is 7.78. The lowest BCUT2D eigenvalue weighted by atomic mass is 10.2. The number of hydrogen-bond acceptors (Lipinski definition) is 8. The van der Waals surface area contributed by atoms with E-state index in [9.17, 15) is 4.79 Å². The Labute approximate surface area is 182 Å². The number of methoxy groups -OCH3 is 1. The van der Waals surface area contributed by atoms with Crippen molar-refractivity contribution in [2.45, 2.75) is 12.6 Å². The van der Waals surface area contributed by atoms with E-state index in [-0.39, 0.29) is 11.8 Å². The van der Waals surface area contributed by atoms with Gasteiger partial charge in [-0.3, -0.25) is 9.47 Å². The Hall–Kier alpha value is -2.62. The summed E-state index contributed by atoms with van der Waals surface area (Å²) < 4.78 is 23.5. The summed E-state index contributed by atoms with van der Waals surface area (Å²) in [5.41, 5.74) is 0.934. The van der Waals surface area contributed by atoms with Crippen LogP contribution in [0.15, 0.2) is 35.1 Å². The van der Waals surface area contributed by atoms with Gasteiger partial charge in [-0.25, -0.2) is 4.79 Å². The van der Waals surface area contributed by atoms with E-state index in [1.165, 1.54) is 5.56 Å². The van der Waals surface area contributed by atoms with Gasteiger partial charge >= 0.3 is 5.69 Å². The maximum absolute atomic E-state index is 12.4. The molecule has 2 saturated heterocycles. The van der Waals surface area contributed by atoms with Gasteiger partial charge in [-0.15, -0.1) is 0 Å². The van der Waals surface area contributed by atoms with Gasteiger partial charge in [0.1, 0.15) is 24.3 Å². The van der Waals surface area contributed by atoms with Gasteiger partial charge in [0.05, 0.1) is 26.9 Å². The third-order valence-corrected chi connectivity index (χ3v) is 5.65. The van der Waals surface area contributed by atoms with Crippen molar-refractivity contribution in [3.63, 3.8) is 0 Å². The summed E-state index contributed by atoms with van der Waals surface area (Å²) in [7, 11) is 3.42. The molecule has 168 valence electrons. The monoisotopic (exact) mass is 430 g/mol. The summed E-state index contributed by atoms with van der Waals surface area (Å²) in [6.45, 7) is 6.34. The van der Waals surface area contributed by atoms with Crippen LogP contribution >= 0.6 is 0 Å². The molecule has 1 unspecified atom stereocenters. The van der Waals surface area contributed by atoms with Crippen LogP contribution in [0.5, 0.6) is 11.6 Å². The number of hydrogen-bond donors (Lipinski definition) is 0. The standard InChI is InChI=1S/C22H30N4O5/c1-24-21(13-20(23-22(24)27)31-16-19-15-29-11-12-30-19)26-9-7-25(8-10-26)14-17-3-5-18(28-2)6-4-17/h3-6,13,19H,7-12,14-16H2,1-2H3. The average Bonchev–Trinajstić information content (AvgIpc) is 2.81. The van der Waals surface area contributed by atoms with E-state index < -0.39 is 0 Å². The molecule has 0 aliphatic carbocycles. The van der Waals surface area contributed by atoms with Gasteiger partial charge in [0.2, 0.25) is 5.88 Å². The van der Waals surface area contributed by atoms with Crippen LogP contribution in [0.3, 0.4) is 0 Å². The first-order valence-electron chi connectivity index (χ1n) is 10.6. The summed E-state index contributed by atoms with van der Waals surface area (Å²) in [5, 5.41) is 0. The van der Waals surface area contributed by atoms with Crippen molar-refractivity contribution >= 4 is 5.82 Å². The van der Waals surface area contributed by atoms with Gasteiger partial charge in [-0.2, -0.15) is 4.98 Å². The van der Waals surface area contributed by atoms with Crippen molar-refractivity contribution < 1.29 is 18.9 Å². The lowest BCUT2D eigenvalue weighted by molar-refractivity contribution is -0.102. The minimum Gasteiger partial charge on any atom is -0.497 e. The molecule has 1 atom stereocenters. The van der Waals surface area contributed by atoms with Gasteiger partial charge in [-0.05, 0) is 17.7 Å². The molecule has 0 amide bonds. The van der Waals surface area contributed by atoms with E-state index in [2.05, 4.69) is 26.9 Å². The Kier molecular flexibility index (Phi) is 7.06. The summed E-state index contributed by atoms with van der Waals surface area (Å²) in [6, 6.07) is 10.0. The van der Waals surface area contributed by atoms with Crippen LogP contribution in [0.25, 0.3) is 0 Å². The minimum absolute atomic E-state index is 0.135. The fourth-order valence-corrected chi connectivity index (χ4v) is 3.82. The van der Waals surface area contributed by atoms with Crippen molar-refractivity contribution in [1.29, 1.82) is 0 Å². The predicted octanol–water partition coefficient (Wildman–Crippen LogP) is 0.905. The van der Waals surface area contributed by atoms with Crippen LogP contribution in [0.2, 0.25) is 0 Å². The number of anilines is 1. The van der Waals surface area contributed by atoms with E-state index in [4.69, 9.17) is 18.9 Å². The van der Waals surface area contributed by atoms with E-state index >= 15 is 0 Å². The second kappa shape index (κ2) is 10.1. The fourth-order valence-electron chi connectivity index (χ4n) is 3.82. The zero-order chi connectivity index (χ0) is 21.6. The highest BCUT2D eigenvalue weighted by Gasteiger charge is 2.21. The molecule has 0 N–H and O–H groups in total. The molecule has 2 fully saturated rings. The summed E-state index contributed by atoms with van der Waals surface area (Å²) in [4.78, 5) is 21.0. The van der Waals surface area contributed by atoms with Crippen LogP contribution in [0.1, 0.15) is 5.56 Å². The van der Waals surface area contributed by atoms with Gasteiger partial charge in [0.25, 0.3) is 0 Å². The van der Waals surface area contributed by atoms with Gasteiger partial charge in [0.15, 0.2) is 0 Å². The van der Waals surface area contributed by atoms with Crippen molar-refractivity contribution in [1.82, 2.24) is 14.5 Å². The Morgan fingerprint density at radius 2 is 1.90 bits per heavy atom. The zero-order valence-corrected chi connectivity index (χ0v) is 18.2. The smallest absolute Gasteiger partial charge is 0.352 e. The molecule has 0 spiro atoms. The number of ether oxygens (including phenoxy) is 4. The highest BCUT2D eigenvalue weighted by atomic mass is 16.6. The molecule has 4 rings (SSSR count). The van der Waals surface area contributed by atoms with E-state index in [1.807, 2.05) is 18.2 Å². The first kappa shape index (κ1) is 21.6. The maximum atomic E-state index is 12.4. The number of aromatic nitrogens is 2. The van der Waals surface area contributed by atoms with Gasteiger partial charge in [0, 0.05) is 45.8 Å². The van der Waals surface area contributed by atoms with Crippen LogP contribution in [0.4, 0.5) is 5.82 Å². The number of benzene rings is 1. The first-order chi connectivity index (χ1) is 15.1. The SMILES string of the molecule is COc1ccc(CN2CCN(c3cc(OCC4COCCO4)nc(=O)n3C)CC2)cc1. The molecule has 0 radical (unpaired) electrons. The average molecular weight is 431 g/mol. The second-order valence-corrected chi connectivity index (χ2v) is 7.78. The first-order valence-corrected chi connectivity index (χ1v) is 10.6. The topological polar surface area (TPSA) is 78.3 Å². The molecule has 1 aromatic heterocycles. The molecule has 31 heavy (non-hydrogen) atoms. The van der Waals surface area contributed by atoms with Crippen LogP contribution in [-0.4, -0.2) is 80.3 Å². The Morgan fingerprint density at radius 3 is 2.58 bits per heavy atom. The van der Waals surface area contributed by atoms with E-state index in [0.717, 1.165) is 44.3 Å². The molecule has 2 aliphatic rings. The molecule has 2 aliphatic heterocycles. The number of piperazine rings is 1. The molecule has 0 saturated carbocycles. The van der Waals surface area contributed by atoms with Crippen LogP contribution in [0, 0.1) is 0 Å². The summed E-state index contributed by atoms with van der Waals surface area (Å²) in [5.74, 6) is 2.01. The van der Waals surface area contributed by atoms with Gasteiger partial charge < -0.3 is 23.8 Å². The molecule has 9 nitrogen and oxygen atoms in total. The van der Waals surface area contributed by atoms with Crippen molar-refractivity contribution in [3.05, 3.63) is 46.4 Å². The highest BCUT2D eigenvalue weighted by molar-refractivity contribution is 5.43. The van der Waals surface area contributed by atoms with Crippen molar-refractivity contribution in [2.24, 2.45) is 7.05 Å². The lowest BCUT2D eigenvalue weighted by Crippen LogP contribution is -2.47. The Morgan fingerprint density at radius 1 is 1.13 bits per heavy atom. The fraction of sp³-hybridized carbons (Fsp3) is 0.545. The van der Waals surface area contributed by atoms with Crippen LogP contribution < -0.4 is 20.1 Å². The normalized spacial score (nSPS) is 19.9. The van der Waals surface area contributed by atoms with Crippen LogP contribution in [-0.2, 0) is 23.1 Å². The summed E-state index contributed by atoms with van der Waals surface area (Å²) in [6.07, 6.45) is -0.135. The highest BCUT2D eigenvalue weighted by Crippen LogP contribution is 2.20. The van der Waals surface area contributed by atoms with Crippen molar-refractivity contribution in [2.75, 3.05) is 64.6 Å². The number of rotatable bonds is 7. The molecular formula is C22H30N4O5. The Bertz CT molecular complexity index is 903. The van der Waals surface area contributed by atoms with E-state index in [1.54, 1.807) is 18.7 Å².